The topological polar surface area (TPSA) is 59.4 Å². The molecule has 0 amide bonds. The molecule has 0 bridgehead atoms. The number of carboxylic acids is 1. The van der Waals surface area contributed by atoms with Crippen LogP contribution in [-0.4, -0.2) is 16.1 Å². The molecule has 2 aromatic rings. The molecule has 5 heteroatoms. The number of carboxylic acid groups (broad SMARTS) is 1. The van der Waals surface area contributed by atoms with E-state index in [4.69, 9.17) is 21.4 Å². The summed E-state index contributed by atoms with van der Waals surface area (Å²) in [6.45, 7) is 0.373. The van der Waals surface area contributed by atoms with Crippen molar-refractivity contribution in [2.24, 2.45) is 0 Å². The Labute approximate surface area is 121 Å². The first-order chi connectivity index (χ1) is 9.65. The number of carbonyl (C=O) groups is 1. The number of aliphatic carboxylic acids is 1. The Morgan fingerprint density at radius 1 is 1.30 bits per heavy atom. The van der Waals surface area contributed by atoms with E-state index in [1.165, 1.54) is 6.08 Å². The van der Waals surface area contributed by atoms with E-state index in [-0.39, 0.29) is 0 Å². The molecular weight excluding hydrogens is 278 g/mol. The lowest BCUT2D eigenvalue weighted by Gasteiger charge is -2.09. The second kappa shape index (κ2) is 6.73. The maximum absolute atomic E-state index is 10.6. The van der Waals surface area contributed by atoms with Crippen molar-refractivity contribution in [1.29, 1.82) is 0 Å². The molecule has 0 fully saturated rings. The fourth-order valence-electron chi connectivity index (χ4n) is 1.58. The van der Waals surface area contributed by atoms with E-state index in [0.717, 1.165) is 11.6 Å². The van der Waals surface area contributed by atoms with Gasteiger partial charge in [0, 0.05) is 29.1 Å². The van der Waals surface area contributed by atoms with Gasteiger partial charge in [-0.15, -0.1) is 0 Å². The molecule has 0 saturated heterocycles. The van der Waals surface area contributed by atoms with Gasteiger partial charge >= 0.3 is 5.97 Å². The van der Waals surface area contributed by atoms with Crippen LogP contribution >= 0.6 is 11.6 Å². The summed E-state index contributed by atoms with van der Waals surface area (Å²) in [5, 5.41) is 9.20. The second-order valence-corrected chi connectivity index (χ2v) is 4.43. The molecular formula is C15H12ClNO3. The monoisotopic (exact) mass is 289 g/mol. The van der Waals surface area contributed by atoms with Crippen LogP contribution in [0.4, 0.5) is 0 Å². The van der Waals surface area contributed by atoms with Gasteiger partial charge in [-0.1, -0.05) is 11.6 Å². The Bertz CT molecular complexity index is 626. The Morgan fingerprint density at radius 2 is 2.05 bits per heavy atom. The van der Waals surface area contributed by atoms with E-state index in [2.05, 4.69) is 4.98 Å². The Kier molecular flexibility index (Phi) is 4.74. The van der Waals surface area contributed by atoms with Gasteiger partial charge in [0.2, 0.25) is 0 Å². The van der Waals surface area contributed by atoms with Crippen LogP contribution in [0, 0.1) is 0 Å². The standard InChI is InChI=1S/C15H12ClNO3/c16-13-2-3-14(12(9-13)1-4-15(18)19)20-10-11-5-7-17-8-6-11/h1-9H,10H2,(H,18,19). The summed E-state index contributed by atoms with van der Waals surface area (Å²) in [5.74, 6) is -0.450. The number of hydrogen-bond donors (Lipinski definition) is 1. The number of aromatic nitrogens is 1. The minimum atomic E-state index is -1.02. The van der Waals surface area contributed by atoms with Crippen molar-refractivity contribution in [2.75, 3.05) is 0 Å². The van der Waals surface area contributed by atoms with Gasteiger partial charge in [-0.3, -0.25) is 4.98 Å². The van der Waals surface area contributed by atoms with E-state index in [0.29, 0.717) is 22.9 Å². The number of rotatable bonds is 5. The molecule has 0 saturated carbocycles. The highest BCUT2D eigenvalue weighted by Gasteiger charge is 2.03. The van der Waals surface area contributed by atoms with E-state index >= 15 is 0 Å². The average Bonchev–Trinajstić information content (AvgIpc) is 2.45. The van der Waals surface area contributed by atoms with E-state index in [1.807, 2.05) is 12.1 Å². The number of benzene rings is 1. The van der Waals surface area contributed by atoms with Crippen molar-refractivity contribution in [1.82, 2.24) is 4.98 Å². The molecule has 102 valence electrons. The van der Waals surface area contributed by atoms with Crippen LogP contribution in [0.1, 0.15) is 11.1 Å². The van der Waals surface area contributed by atoms with E-state index in [9.17, 15) is 4.79 Å². The SMILES string of the molecule is O=C(O)C=Cc1cc(Cl)ccc1OCc1ccncc1. The van der Waals surface area contributed by atoms with Crippen LogP contribution in [0.3, 0.4) is 0 Å². The molecule has 0 spiro atoms. The lowest BCUT2D eigenvalue weighted by Crippen LogP contribution is -1.97. The highest BCUT2D eigenvalue weighted by Crippen LogP contribution is 2.25. The number of ether oxygens (including phenoxy) is 1. The van der Waals surface area contributed by atoms with Gasteiger partial charge in [0.15, 0.2) is 0 Å². The third-order valence-electron chi connectivity index (χ3n) is 2.52. The Balaban J connectivity index is 2.16. The highest BCUT2D eigenvalue weighted by molar-refractivity contribution is 6.30. The molecule has 0 atom stereocenters. The molecule has 1 aromatic heterocycles. The molecule has 1 aromatic carbocycles. The highest BCUT2D eigenvalue weighted by atomic mass is 35.5. The molecule has 2 rings (SSSR count). The van der Waals surface area contributed by atoms with Crippen molar-refractivity contribution in [3.05, 3.63) is 65.0 Å². The van der Waals surface area contributed by atoms with Gasteiger partial charge in [-0.05, 0) is 42.0 Å². The maximum Gasteiger partial charge on any atom is 0.328 e. The molecule has 0 radical (unpaired) electrons. The quantitative estimate of drug-likeness (QED) is 0.857. The van der Waals surface area contributed by atoms with Gasteiger partial charge in [0.05, 0.1) is 0 Å². The summed E-state index contributed by atoms with van der Waals surface area (Å²) in [5.41, 5.74) is 1.59. The van der Waals surface area contributed by atoms with Crippen molar-refractivity contribution >= 4 is 23.6 Å². The van der Waals surface area contributed by atoms with Crippen molar-refractivity contribution in [3.8, 4) is 5.75 Å². The second-order valence-electron chi connectivity index (χ2n) is 4.00. The summed E-state index contributed by atoms with van der Waals surface area (Å²) in [4.78, 5) is 14.5. The van der Waals surface area contributed by atoms with Gasteiger partial charge in [-0.25, -0.2) is 4.79 Å². The summed E-state index contributed by atoms with van der Waals surface area (Å²) in [6, 6.07) is 8.76. The average molecular weight is 290 g/mol. The largest absolute Gasteiger partial charge is 0.488 e. The third-order valence-corrected chi connectivity index (χ3v) is 2.76. The minimum Gasteiger partial charge on any atom is -0.488 e. The smallest absolute Gasteiger partial charge is 0.328 e. The zero-order valence-electron chi connectivity index (χ0n) is 10.5. The number of hydrogen-bond acceptors (Lipinski definition) is 3. The fourth-order valence-corrected chi connectivity index (χ4v) is 1.76. The predicted octanol–water partition coefficient (Wildman–Crippen LogP) is 3.41. The van der Waals surface area contributed by atoms with Crippen LogP contribution in [-0.2, 0) is 11.4 Å². The molecule has 1 N–H and O–H groups in total. The maximum atomic E-state index is 10.6. The summed E-state index contributed by atoms with van der Waals surface area (Å²) in [6.07, 6.45) is 5.87. The normalized spacial score (nSPS) is 10.7. The van der Waals surface area contributed by atoms with Gasteiger partial charge in [0.25, 0.3) is 0 Å². The van der Waals surface area contributed by atoms with E-state index < -0.39 is 5.97 Å². The van der Waals surface area contributed by atoms with Gasteiger partial charge in [-0.2, -0.15) is 0 Å². The molecule has 0 aliphatic rings. The fraction of sp³-hybridized carbons (Fsp3) is 0.0667. The lowest BCUT2D eigenvalue weighted by atomic mass is 10.2. The molecule has 0 aliphatic heterocycles. The molecule has 20 heavy (non-hydrogen) atoms. The van der Waals surface area contributed by atoms with Crippen LogP contribution in [0.25, 0.3) is 6.08 Å². The van der Waals surface area contributed by atoms with Crippen LogP contribution in [0.5, 0.6) is 5.75 Å². The minimum absolute atomic E-state index is 0.373. The summed E-state index contributed by atoms with van der Waals surface area (Å²) >= 11 is 5.90. The Hall–Kier alpha value is -2.33. The molecule has 0 unspecified atom stereocenters. The number of nitrogens with zero attached hydrogens (tertiary/aromatic N) is 1. The van der Waals surface area contributed by atoms with Crippen molar-refractivity contribution < 1.29 is 14.6 Å². The molecule has 1 heterocycles. The van der Waals surface area contributed by atoms with Crippen molar-refractivity contribution in [2.45, 2.75) is 6.61 Å². The predicted molar refractivity (Wildman–Crippen MR) is 76.7 cm³/mol. The van der Waals surface area contributed by atoms with Crippen LogP contribution in [0.15, 0.2) is 48.8 Å². The molecule has 4 nitrogen and oxygen atoms in total. The Morgan fingerprint density at radius 3 is 2.75 bits per heavy atom. The van der Waals surface area contributed by atoms with E-state index in [1.54, 1.807) is 30.6 Å². The van der Waals surface area contributed by atoms with Crippen LogP contribution in [0.2, 0.25) is 5.02 Å². The van der Waals surface area contributed by atoms with Crippen LogP contribution < -0.4 is 4.74 Å². The lowest BCUT2D eigenvalue weighted by molar-refractivity contribution is -0.131. The number of pyridine rings is 1. The zero-order valence-corrected chi connectivity index (χ0v) is 11.2. The number of halogens is 1. The molecule has 0 aliphatic carbocycles. The third kappa shape index (κ3) is 4.10. The first-order valence-corrected chi connectivity index (χ1v) is 6.25. The van der Waals surface area contributed by atoms with Gasteiger partial charge in [0.1, 0.15) is 12.4 Å². The first-order valence-electron chi connectivity index (χ1n) is 5.87. The zero-order chi connectivity index (χ0) is 14.4. The van der Waals surface area contributed by atoms with Crippen molar-refractivity contribution in [3.63, 3.8) is 0 Å². The van der Waals surface area contributed by atoms with Gasteiger partial charge < -0.3 is 9.84 Å². The summed E-state index contributed by atoms with van der Waals surface area (Å²) in [7, 11) is 0. The first kappa shape index (κ1) is 14.1. The summed E-state index contributed by atoms with van der Waals surface area (Å²) < 4.78 is 5.68.